The maximum atomic E-state index is 11.4. The van der Waals surface area contributed by atoms with E-state index in [1.54, 1.807) is 0 Å². The lowest BCUT2D eigenvalue weighted by Gasteiger charge is -2.11. The highest BCUT2D eigenvalue weighted by Crippen LogP contribution is 2.26. The van der Waals surface area contributed by atoms with Crippen molar-refractivity contribution in [1.29, 1.82) is 0 Å². The van der Waals surface area contributed by atoms with Crippen LogP contribution in [-0.4, -0.2) is 30.3 Å². The molecule has 0 aromatic heterocycles. The monoisotopic (exact) mass is 242 g/mol. The number of cyclic esters (lactones) is 1. The molecule has 0 amide bonds. The quantitative estimate of drug-likeness (QED) is 0.568. The number of unbranched alkanes of at least 4 members (excludes halogenated alkanes) is 3. The van der Waals surface area contributed by atoms with Gasteiger partial charge in [-0.2, -0.15) is 0 Å². The third kappa shape index (κ3) is 3.22. The van der Waals surface area contributed by atoms with Gasteiger partial charge in [0.1, 0.15) is 11.7 Å². The minimum absolute atomic E-state index is 0.0472. The fourth-order valence-electron chi connectivity index (χ4n) is 1.80. The summed E-state index contributed by atoms with van der Waals surface area (Å²) >= 11 is 0. The molecule has 0 unspecified atom stereocenters. The topological polar surface area (TPSA) is 72.8 Å². The van der Waals surface area contributed by atoms with Crippen LogP contribution in [0.5, 0.6) is 0 Å². The van der Waals surface area contributed by atoms with E-state index < -0.39 is 23.8 Å². The van der Waals surface area contributed by atoms with Crippen molar-refractivity contribution in [2.75, 3.05) is 7.11 Å². The largest absolute Gasteiger partial charge is 0.501 e. The van der Waals surface area contributed by atoms with E-state index in [2.05, 4.69) is 11.7 Å². The van der Waals surface area contributed by atoms with E-state index >= 15 is 0 Å². The molecule has 0 aliphatic carbocycles. The Kier molecular flexibility index (Phi) is 5.00. The Morgan fingerprint density at radius 2 is 2.12 bits per heavy atom. The normalized spacial score (nSPS) is 19.4. The molecule has 0 saturated heterocycles. The van der Waals surface area contributed by atoms with Crippen LogP contribution < -0.4 is 0 Å². The Balaban J connectivity index is 2.60. The summed E-state index contributed by atoms with van der Waals surface area (Å²) in [4.78, 5) is 22.6. The van der Waals surface area contributed by atoms with Crippen molar-refractivity contribution in [3.05, 3.63) is 11.3 Å². The second-order valence-corrected chi connectivity index (χ2v) is 4.00. The first kappa shape index (κ1) is 13.5. The zero-order chi connectivity index (χ0) is 12.8. The molecule has 0 saturated carbocycles. The smallest absolute Gasteiger partial charge is 0.374 e. The molecular weight excluding hydrogens is 224 g/mol. The SMILES string of the molecule is CCCCCC[C@H]1OC(=O)C(O)=C1C(=O)OC. The molecule has 5 heteroatoms. The summed E-state index contributed by atoms with van der Waals surface area (Å²) in [5, 5.41) is 9.44. The number of carbonyl (C=O) groups is 2. The van der Waals surface area contributed by atoms with Crippen LogP contribution in [0.1, 0.15) is 39.0 Å². The predicted octanol–water partition coefficient (Wildman–Crippen LogP) is 1.87. The second-order valence-electron chi connectivity index (χ2n) is 4.00. The molecule has 1 atom stereocenters. The molecule has 17 heavy (non-hydrogen) atoms. The van der Waals surface area contributed by atoms with Crippen molar-refractivity contribution in [2.24, 2.45) is 0 Å². The number of esters is 2. The van der Waals surface area contributed by atoms with Crippen molar-refractivity contribution in [3.8, 4) is 0 Å². The molecule has 1 N–H and O–H groups in total. The van der Waals surface area contributed by atoms with Gasteiger partial charge in [-0.25, -0.2) is 9.59 Å². The minimum atomic E-state index is -0.842. The zero-order valence-electron chi connectivity index (χ0n) is 10.2. The maximum Gasteiger partial charge on any atom is 0.374 e. The van der Waals surface area contributed by atoms with Gasteiger partial charge in [-0.15, -0.1) is 0 Å². The Morgan fingerprint density at radius 1 is 1.41 bits per heavy atom. The van der Waals surface area contributed by atoms with E-state index in [9.17, 15) is 14.7 Å². The number of hydrogen-bond donors (Lipinski definition) is 1. The zero-order valence-corrected chi connectivity index (χ0v) is 10.2. The van der Waals surface area contributed by atoms with Gasteiger partial charge < -0.3 is 14.6 Å². The van der Waals surface area contributed by atoms with Gasteiger partial charge in [0.05, 0.1) is 7.11 Å². The highest BCUT2D eigenvalue weighted by molar-refractivity contribution is 6.02. The standard InChI is InChI=1S/C12H18O5/c1-3-4-5-6-7-8-9(11(14)16-2)10(13)12(15)17-8/h8,13H,3-7H2,1-2H3/t8-/m1/s1. The lowest BCUT2D eigenvalue weighted by atomic mass is 10.0. The first-order chi connectivity index (χ1) is 8.11. The fraction of sp³-hybridized carbons (Fsp3) is 0.667. The third-order valence-corrected chi connectivity index (χ3v) is 2.74. The van der Waals surface area contributed by atoms with E-state index in [1.165, 1.54) is 7.11 Å². The summed E-state index contributed by atoms with van der Waals surface area (Å²) in [6.07, 6.45) is 3.95. The molecule has 0 bridgehead atoms. The molecular formula is C12H18O5. The molecule has 0 aromatic carbocycles. The molecule has 1 rings (SSSR count). The average Bonchev–Trinajstić information content (AvgIpc) is 2.60. The Labute approximate surface area is 100 Å². The lowest BCUT2D eigenvalue weighted by Crippen LogP contribution is -2.18. The van der Waals surface area contributed by atoms with Crippen LogP contribution in [0.2, 0.25) is 0 Å². The fourth-order valence-corrected chi connectivity index (χ4v) is 1.80. The number of carbonyl (C=O) groups excluding carboxylic acids is 2. The van der Waals surface area contributed by atoms with Crippen molar-refractivity contribution in [3.63, 3.8) is 0 Å². The highest BCUT2D eigenvalue weighted by atomic mass is 16.6. The minimum Gasteiger partial charge on any atom is -0.501 e. The van der Waals surface area contributed by atoms with Crippen LogP contribution >= 0.6 is 0 Å². The molecule has 96 valence electrons. The average molecular weight is 242 g/mol. The van der Waals surface area contributed by atoms with Crippen molar-refractivity contribution in [2.45, 2.75) is 45.1 Å². The van der Waals surface area contributed by atoms with Crippen LogP contribution in [0.3, 0.4) is 0 Å². The number of ether oxygens (including phenoxy) is 2. The van der Waals surface area contributed by atoms with Gasteiger partial charge in [0.25, 0.3) is 0 Å². The number of rotatable bonds is 6. The third-order valence-electron chi connectivity index (χ3n) is 2.74. The molecule has 1 aliphatic heterocycles. The summed E-state index contributed by atoms with van der Waals surface area (Å²) in [5.74, 6) is -2.16. The van der Waals surface area contributed by atoms with Gasteiger partial charge in [-0.05, 0) is 12.8 Å². The van der Waals surface area contributed by atoms with E-state index in [0.29, 0.717) is 6.42 Å². The number of aliphatic hydroxyl groups is 1. The van der Waals surface area contributed by atoms with Gasteiger partial charge >= 0.3 is 11.9 Å². The number of hydrogen-bond acceptors (Lipinski definition) is 5. The number of aliphatic hydroxyl groups excluding tert-OH is 1. The summed E-state index contributed by atoms with van der Waals surface area (Å²) < 4.78 is 9.45. The molecule has 1 aliphatic rings. The van der Waals surface area contributed by atoms with Gasteiger partial charge in [-0.1, -0.05) is 26.2 Å². The van der Waals surface area contributed by atoms with Crippen LogP contribution in [0.15, 0.2) is 11.3 Å². The first-order valence-corrected chi connectivity index (χ1v) is 5.84. The van der Waals surface area contributed by atoms with Gasteiger partial charge in [-0.3, -0.25) is 0 Å². The molecule has 0 spiro atoms. The van der Waals surface area contributed by atoms with Crippen LogP contribution in [0.4, 0.5) is 0 Å². The van der Waals surface area contributed by atoms with E-state index in [4.69, 9.17) is 4.74 Å². The molecule has 1 heterocycles. The van der Waals surface area contributed by atoms with E-state index in [-0.39, 0.29) is 5.57 Å². The van der Waals surface area contributed by atoms with Gasteiger partial charge in [0.15, 0.2) is 0 Å². The Hall–Kier alpha value is -1.52. The lowest BCUT2D eigenvalue weighted by molar-refractivity contribution is -0.142. The molecule has 0 fully saturated rings. The van der Waals surface area contributed by atoms with Crippen molar-refractivity contribution >= 4 is 11.9 Å². The van der Waals surface area contributed by atoms with E-state index in [0.717, 1.165) is 25.7 Å². The maximum absolute atomic E-state index is 11.4. The van der Waals surface area contributed by atoms with E-state index in [1.807, 2.05) is 0 Å². The van der Waals surface area contributed by atoms with Crippen molar-refractivity contribution < 1.29 is 24.2 Å². The second kappa shape index (κ2) is 6.27. The van der Waals surface area contributed by atoms with Gasteiger partial charge in [0.2, 0.25) is 5.76 Å². The first-order valence-electron chi connectivity index (χ1n) is 5.84. The van der Waals surface area contributed by atoms with Crippen LogP contribution in [0.25, 0.3) is 0 Å². The summed E-state index contributed by atoms with van der Waals surface area (Å²) in [5.41, 5.74) is -0.0472. The van der Waals surface area contributed by atoms with Gasteiger partial charge in [0, 0.05) is 0 Å². The van der Waals surface area contributed by atoms with Crippen LogP contribution in [-0.2, 0) is 19.1 Å². The van der Waals surface area contributed by atoms with Crippen molar-refractivity contribution in [1.82, 2.24) is 0 Å². The highest BCUT2D eigenvalue weighted by Gasteiger charge is 2.38. The predicted molar refractivity (Wildman–Crippen MR) is 60.3 cm³/mol. The Morgan fingerprint density at radius 3 is 2.71 bits per heavy atom. The molecule has 0 radical (unpaired) electrons. The van der Waals surface area contributed by atoms with Crippen LogP contribution in [0, 0.1) is 0 Å². The Bertz CT molecular complexity index is 332. The summed E-state index contributed by atoms with van der Waals surface area (Å²) in [6.45, 7) is 2.10. The summed E-state index contributed by atoms with van der Waals surface area (Å²) in [6, 6.07) is 0. The number of methoxy groups -OCH3 is 1. The summed E-state index contributed by atoms with van der Waals surface area (Å²) in [7, 11) is 1.21. The molecule has 5 nitrogen and oxygen atoms in total. The molecule has 0 aromatic rings.